The maximum Gasteiger partial charge on any atom is 0.308 e. The molecule has 0 unspecified atom stereocenters. The van der Waals surface area contributed by atoms with Crippen molar-refractivity contribution >= 4 is 16.9 Å². The highest BCUT2D eigenvalue weighted by molar-refractivity contribution is 5.80. The molecule has 0 saturated carbocycles. The van der Waals surface area contributed by atoms with E-state index in [0.717, 1.165) is 16.5 Å². The molecule has 2 atom stereocenters. The van der Waals surface area contributed by atoms with Crippen LogP contribution in [0.4, 0.5) is 0 Å². The van der Waals surface area contributed by atoms with Crippen LogP contribution in [0.1, 0.15) is 17.0 Å². The van der Waals surface area contributed by atoms with Gasteiger partial charge in [0.1, 0.15) is 5.75 Å². The van der Waals surface area contributed by atoms with Gasteiger partial charge in [0, 0.05) is 37.2 Å². The Morgan fingerprint density at radius 2 is 1.96 bits per heavy atom. The molecule has 2 N–H and O–H groups in total. The molecule has 0 radical (unpaired) electrons. The predicted molar refractivity (Wildman–Crippen MR) is 107 cm³/mol. The van der Waals surface area contributed by atoms with Crippen molar-refractivity contribution < 1.29 is 14.6 Å². The summed E-state index contributed by atoms with van der Waals surface area (Å²) in [4.78, 5) is 29.3. The van der Waals surface area contributed by atoms with E-state index in [1.807, 2.05) is 48.5 Å². The number of nitrogens with zero attached hydrogens (tertiary/aromatic N) is 1. The number of H-pyrrole nitrogens is 1. The number of ether oxygens (including phenoxy) is 1. The van der Waals surface area contributed by atoms with E-state index in [-0.39, 0.29) is 11.5 Å². The normalized spacial score (nSPS) is 19.8. The summed E-state index contributed by atoms with van der Waals surface area (Å²) in [5, 5.41) is 10.6. The first-order valence-corrected chi connectivity index (χ1v) is 9.25. The minimum Gasteiger partial charge on any atom is -0.497 e. The number of rotatable bonds is 5. The maximum atomic E-state index is 12.5. The van der Waals surface area contributed by atoms with Gasteiger partial charge < -0.3 is 14.8 Å². The number of fused-ring (bicyclic) bond motifs is 1. The largest absolute Gasteiger partial charge is 0.497 e. The molecule has 1 saturated heterocycles. The van der Waals surface area contributed by atoms with Gasteiger partial charge in [-0.1, -0.05) is 30.3 Å². The molecule has 1 aliphatic rings. The van der Waals surface area contributed by atoms with Crippen molar-refractivity contribution in [2.24, 2.45) is 5.92 Å². The average molecular weight is 378 g/mol. The lowest BCUT2D eigenvalue weighted by atomic mass is 9.89. The number of aromatic amines is 1. The van der Waals surface area contributed by atoms with Crippen LogP contribution in [0.2, 0.25) is 0 Å². The van der Waals surface area contributed by atoms with Crippen LogP contribution in [-0.2, 0) is 11.3 Å². The molecule has 6 heteroatoms. The summed E-state index contributed by atoms with van der Waals surface area (Å²) in [6.07, 6.45) is 0. The number of nitrogens with one attached hydrogen (secondary N) is 1. The van der Waals surface area contributed by atoms with E-state index in [1.165, 1.54) is 0 Å². The van der Waals surface area contributed by atoms with E-state index in [4.69, 9.17) is 4.74 Å². The van der Waals surface area contributed by atoms with Crippen molar-refractivity contribution in [3.8, 4) is 5.75 Å². The van der Waals surface area contributed by atoms with Gasteiger partial charge in [0.25, 0.3) is 5.56 Å². The quantitative estimate of drug-likeness (QED) is 0.713. The Balaban J connectivity index is 1.59. The summed E-state index contributed by atoms with van der Waals surface area (Å²) < 4.78 is 5.20. The summed E-state index contributed by atoms with van der Waals surface area (Å²) in [5.74, 6) is -0.671. The lowest BCUT2D eigenvalue weighted by Gasteiger charge is -2.16. The fraction of sp³-hybridized carbons (Fsp3) is 0.273. The van der Waals surface area contributed by atoms with Crippen LogP contribution in [0.25, 0.3) is 10.9 Å². The van der Waals surface area contributed by atoms with Gasteiger partial charge in [-0.05, 0) is 29.1 Å². The Bertz CT molecular complexity index is 1060. The van der Waals surface area contributed by atoms with E-state index in [2.05, 4.69) is 9.88 Å². The van der Waals surface area contributed by atoms with Crippen molar-refractivity contribution in [1.29, 1.82) is 0 Å². The molecule has 0 aliphatic carbocycles. The number of likely N-dealkylation sites (tertiary alicyclic amines) is 1. The standard InChI is InChI=1S/C22H22N2O4/c1-28-17-8-7-15-9-16(21(25)23-20(15)10-17)11-24-12-18(19(13-24)22(26)27)14-5-3-2-4-6-14/h2-10,18-19H,11-13H2,1H3,(H,23,25)(H,26,27)/t18-,19+/m1/s1. The minimum absolute atomic E-state index is 0.0810. The van der Waals surface area contributed by atoms with Crippen molar-refractivity contribution in [3.63, 3.8) is 0 Å². The molecule has 2 heterocycles. The van der Waals surface area contributed by atoms with Gasteiger partial charge in [0.15, 0.2) is 0 Å². The van der Waals surface area contributed by atoms with Gasteiger partial charge in [-0.3, -0.25) is 14.5 Å². The van der Waals surface area contributed by atoms with Crippen LogP contribution < -0.4 is 10.3 Å². The van der Waals surface area contributed by atoms with Crippen molar-refractivity contribution in [1.82, 2.24) is 9.88 Å². The molecule has 0 amide bonds. The molecule has 1 aliphatic heterocycles. The van der Waals surface area contributed by atoms with Crippen LogP contribution in [0.3, 0.4) is 0 Å². The number of benzene rings is 2. The summed E-state index contributed by atoms with van der Waals surface area (Å²) in [7, 11) is 1.59. The monoisotopic (exact) mass is 378 g/mol. The van der Waals surface area contributed by atoms with Gasteiger partial charge in [-0.25, -0.2) is 0 Å². The Morgan fingerprint density at radius 3 is 2.68 bits per heavy atom. The van der Waals surface area contributed by atoms with E-state index in [9.17, 15) is 14.7 Å². The van der Waals surface area contributed by atoms with E-state index in [1.54, 1.807) is 13.2 Å². The number of pyridine rings is 1. The fourth-order valence-electron chi connectivity index (χ4n) is 4.01. The number of methoxy groups -OCH3 is 1. The number of carbonyl (C=O) groups is 1. The zero-order chi connectivity index (χ0) is 19.7. The molecular weight excluding hydrogens is 356 g/mol. The van der Waals surface area contributed by atoms with Gasteiger partial charge >= 0.3 is 5.97 Å². The summed E-state index contributed by atoms with van der Waals surface area (Å²) in [5.41, 5.74) is 2.23. The predicted octanol–water partition coefficient (Wildman–Crippen LogP) is 2.84. The number of aromatic nitrogens is 1. The van der Waals surface area contributed by atoms with E-state index >= 15 is 0 Å². The smallest absolute Gasteiger partial charge is 0.308 e. The average Bonchev–Trinajstić information content (AvgIpc) is 3.13. The topological polar surface area (TPSA) is 82.6 Å². The lowest BCUT2D eigenvalue weighted by molar-refractivity contribution is -0.141. The second-order valence-corrected chi connectivity index (χ2v) is 7.23. The maximum absolute atomic E-state index is 12.5. The van der Waals surface area contributed by atoms with Crippen LogP contribution in [0.15, 0.2) is 59.4 Å². The zero-order valence-electron chi connectivity index (χ0n) is 15.6. The fourth-order valence-corrected chi connectivity index (χ4v) is 4.01. The van der Waals surface area contributed by atoms with E-state index in [0.29, 0.717) is 30.9 Å². The number of carboxylic acids is 1. The van der Waals surface area contributed by atoms with Crippen LogP contribution in [0, 0.1) is 5.92 Å². The molecule has 1 aromatic heterocycles. The first kappa shape index (κ1) is 18.3. The van der Waals surface area contributed by atoms with Crippen LogP contribution in [0.5, 0.6) is 5.75 Å². The lowest BCUT2D eigenvalue weighted by Crippen LogP contribution is -2.26. The van der Waals surface area contributed by atoms with Crippen LogP contribution in [-0.4, -0.2) is 41.2 Å². The second-order valence-electron chi connectivity index (χ2n) is 7.23. The molecule has 28 heavy (non-hydrogen) atoms. The van der Waals surface area contributed by atoms with E-state index < -0.39 is 11.9 Å². The summed E-state index contributed by atoms with van der Waals surface area (Å²) in [6, 6.07) is 17.2. The molecule has 6 nitrogen and oxygen atoms in total. The van der Waals surface area contributed by atoms with Gasteiger partial charge in [-0.2, -0.15) is 0 Å². The highest BCUT2D eigenvalue weighted by Crippen LogP contribution is 2.33. The number of hydrogen-bond acceptors (Lipinski definition) is 4. The van der Waals surface area contributed by atoms with Crippen LogP contribution >= 0.6 is 0 Å². The molecule has 2 aromatic carbocycles. The third-order valence-corrected chi connectivity index (χ3v) is 5.46. The molecule has 1 fully saturated rings. The summed E-state index contributed by atoms with van der Waals surface area (Å²) >= 11 is 0. The molecule has 4 rings (SSSR count). The van der Waals surface area contributed by atoms with Gasteiger partial charge in [0.2, 0.25) is 0 Å². The minimum atomic E-state index is -0.795. The first-order valence-electron chi connectivity index (χ1n) is 9.25. The Hall–Kier alpha value is -3.12. The van der Waals surface area contributed by atoms with Crippen molar-refractivity contribution in [2.75, 3.05) is 20.2 Å². The Morgan fingerprint density at radius 1 is 1.18 bits per heavy atom. The van der Waals surface area contributed by atoms with Gasteiger partial charge in [-0.15, -0.1) is 0 Å². The Kier molecular flexibility index (Phi) is 4.88. The highest BCUT2D eigenvalue weighted by atomic mass is 16.5. The van der Waals surface area contributed by atoms with Crippen molar-refractivity contribution in [2.45, 2.75) is 12.5 Å². The Labute approximate surface area is 162 Å². The molecule has 3 aromatic rings. The molecular formula is C22H22N2O4. The first-order chi connectivity index (χ1) is 13.5. The van der Waals surface area contributed by atoms with Gasteiger partial charge in [0.05, 0.1) is 18.5 Å². The number of carboxylic acid groups (broad SMARTS) is 1. The number of hydrogen-bond donors (Lipinski definition) is 2. The molecule has 144 valence electrons. The molecule has 0 spiro atoms. The SMILES string of the molecule is COc1ccc2cc(CN3C[C@H](C(=O)O)[C@@H](c4ccccc4)C3)c(=O)[nH]c2c1. The summed E-state index contributed by atoms with van der Waals surface area (Å²) in [6.45, 7) is 1.46. The highest BCUT2D eigenvalue weighted by Gasteiger charge is 2.38. The zero-order valence-corrected chi connectivity index (χ0v) is 15.6. The second kappa shape index (κ2) is 7.48. The molecule has 0 bridgehead atoms. The third-order valence-electron chi connectivity index (χ3n) is 5.46. The van der Waals surface area contributed by atoms with Crippen molar-refractivity contribution in [3.05, 3.63) is 76.1 Å². The number of aliphatic carboxylic acids is 1. The third kappa shape index (κ3) is 3.51.